The molecule has 0 radical (unpaired) electrons. The minimum atomic E-state index is 0.916. The van der Waals surface area contributed by atoms with Gasteiger partial charge in [0.05, 0.1) is 5.69 Å². The van der Waals surface area contributed by atoms with Gasteiger partial charge in [0, 0.05) is 22.5 Å². The molecule has 7 rings (SSSR count). The van der Waals surface area contributed by atoms with Crippen LogP contribution in [0.3, 0.4) is 0 Å². The van der Waals surface area contributed by atoms with Crippen molar-refractivity contribution in [3.63, 3.8) is 0 Å². The molecule has 2 nitrogen and oxygen atoms in total. The minimum absolute atomic E-state index is 0.916. The van der Waals surface area contributed by atoms with Crippen LogP contribution >= 0.6 is 0 Å². The van der Waals surface area contributed by atoms with E-state index < -0.39 is 0 Å². The summed E-state index contributed by atoms with van der Waals surface area (Å²) in [5.41, 5.74) is 11.1. The molecule has 0 aliphatic heterocycles. The molecule has 0 aliphatic rings. The molecule has 2 aromatic heterocycles. The predicted molar refractivity (Wildman–Crippen MR) is 153 cm³/mol. The zero-order chi connectivity index (χ0) is 24.6. The monoisotopic (exact) mass is 473 g/mol. The second-order valence-corrected chi connectivity index (χ2v) is 9.23. The van der Waals surface area contributed by atoms with Crippen LogP contribution in [0.1, 0.15) is 0 Å². The third-order valence-electron chi connectivity index (χ3n) is 6.94. The van der Waals surface area contributed by atoms with Gasteiger partial charge in [-0.15, -0.1) is 0 Å². The molecule has 0 unspecified atom stereocenters. The van der Waals surface area contributed by atoms with Gasteiger partial charge in [-0.2, -0.15) is 0 Å². The van der Waals surface area contributed by atoms with E-state index >= 15 is 0 Å². The van der Waals surface area contributed by atoms with Gasteiger partial charge in [0.25, 0.3) is 0 Å². The molecule has 174 valence electrons. The number of hydrogen-bond donors (Lipinski definition) is 0. The number of pyridine rings is 1. The third-order valence-corrected chi connectivity index (χ3v) is 6.94. The van der Waals surface area contributed by atoms with E-state index in [0.29, 0.717) is 0 Å². The van der Waals surface area contributed by atoms with Crippen LogP contribution in [0.25, 0.3) is 66.6 Å². The van der Waals surface area contributed by atoms with Crippen LogP contribution in [0.4, 0.5) is 0 Å². The summed E-state index contributed by atoms with van der Waals surface area (Å²) < 4.78 is 6.04. The number of benzene rings is 5. The molecular formula is C35H23NO. The summed E-state index contributed by atoms with van der Waals surface area (Å²) in [7, 11) is 0. The normalized spacial score (nSPS) is 11.2. The fourth-order valence-corrected chi connectivity index (χ4v) is 5.14. The summed E-state index contributed by atoms with van der Waals surface area (Å²) in [5.74, 6) is 0. The maximum absolute atomic E-state index is 6.04. The molecule has 2 heterocycles. The first kappa shape index (κ1) is 21.3. The maximum atomic E-state index is 6.04. The number of rotatable bonds is 4. The van der Waals surface area contributed by atoms with Crippen molar-refractivity contribution in [2.45, 2.75) is 0 Å². The molecule has 0 spiro atoms. The molecule has 7 aromatic rings. The molecule has 2 heteroatoms. The molecule has 5 aromatic carbocycles. The second-order valence-electron chi connectivity index (χ2n) is 9.23. The SMILES string of the molecule is c1ccc(-c2cccc(-c3ccccc3-c3cccc(-c4ccc5oc6ccccc6c5c4)c3)c2)nc1. The molecule has 37 heavy (non-hydrogen) atoms. The summed E-state index contributed by atoms with van der Waals surface area (Å²) in [5, 5.41) is 2.29. The highest BCUT2D eigenvalue weighted by Gasteiger charge is 2.11. The Bertz CT molecular complexity index is 1880. The van der Waals surface area contributed by atoms with Gasteiger partial charge in [-0.05, 0) is 75.8 Å². The van der Waals surface area contributed by atoms with Crippen molar-refractivity contribution in [1.82, 2.24) is 4.98 Å². The van der Waals surface area contributed by atoms with Gasteiger partial charge in [0.15, 0.2) is 0 Å². The van der Waals surface area contributed by atoms with Crippen molar-refractivity contribution in [3.05, 3.63) is 140 Å². The number of para-hydroxylation sites is 1. The van der Waals surface area contributed by atoms with Gasteiger partial charge < -0.3 is 4.42 Å². The second kappa shape index (κ2) is 8.92. The highest BCUT2D eigenvalue weighted by atomic mass is 16.3. The average Bonchev–Trinajstić information content (AvgIpc) is 3.36. The summed E-state index contributed by atoms with van der Waals surface area (Å²) in [6, 6.07) is 46.7. The average molecular weight is 474 g/mol. The van der Waals surface area contributed by atoms with Gasteiger partial charge >= 0.3 is 0 Å². The Labute approximate surface area is 215 Å². The van der Waals surface area contributed by atoms with Crippen LogP contribution in [-0.2, 0) is 0 Å². The van der Waals surface area contributed by atoms with Crippen molar-refractivity contribution in [1.29, 1.82) is 0 Å². The summed E-state index contributed by atoms with van der Waals surface area (Å²) in [4.78, 5) is 4.54. The quantitative estimate of drug-likeness (QED) is 0.254. The van der Waals surface area contributed by atoms with Crippen LogP contribution < -0.4 is 0 Å². The summed E-state index contributed by atoms with van der Waals surface area (Å²) in [6.07, 6.45) is 1.84. The number of furan rings is 1. The summed E-state index contributed by atoms with van der Waals surface area (Å²) in [6.45, 7) is 0. The minimum Gasteiger partial charge on any atom is -0.456 e. The van der Waals surface area contributed by atoms with E-state index in [4.69, 9.17) is 4.42 Å². The van der Waals surface area contributed by atoms with E-state index in [0.717, 1.165) is 33.2 Å². The molecule has 0 saturated heterocycles. The lowest BCUT2D eigenvalue weighted by Gasteiger charge is -2.13. The molecular weight excluding hydrogens is 450 g/mol. The Morgan fingerprint density at radius 3 is 1.81 bits per heavy atom. The van der Waals surface area contributed by atoms with Gasteiger partial charge in [0.2, 0.25) is 0 Å². The highest BCUT2D eigenvalue weighted by molar-refractivity contribution is 6.06. The Morgan fingerprint density at radius 2 is 1.03 bits per heavy atom. The third kappa shape index (κ3) is 3.89. The van der Waals surface area contributed by atoms with E-state index in [2.05, 4.69) is 114 Å². The molecule has 0 saturated carbocycles. The Hall–Kier alpha value is -4.95. The topological polar surface area (TPSA) is 26.0 Å². The zero-order valence-electron chi connectivity index (χ0n) is 20.1. The lowest BCUT2D eigenvalue weighted by molar-refractivity contribution is 0.669. The Kier molecular flexibility index (Phi) is 5.15. The number of nitrogens with zero attached hydrogens (tertiary/aromatic N) is 1. The molecule has 0 amide bonds. The van der Waals surface area contributed by atoms with E-state index in [1.165, 1.54) is 33.4 Å². The van der Waals surface area contributed by atoms with Gasteiger partial charge in [-0.25, -0.2) is 0 Å². The number of hydrogen-bond acceptors (Lipinski definition) is 2. The van der Waals surface area contributed by atoms with Crippen molar-refractivity contribution >= 4 is 21.9 Å². The van der Waals surface area contributed by atoms with E-state index in [1.54, 1.807) is 0 Å². The fourth-order valence-electron chi connectivity index (χ4n) is 5.14. The maximum Gasteiger partial charge on any atom is 0.135 e. The largest absolute Gasteiger partial charge is 0.456 e. The Balaban J connectivity index is 1.32. The predicted octanol–water partition coefficient (Wildman–Crippen LogP) is 9.65. The van der Waals surface area contributed by atoms with Crippen molar-refractivity contribution in [2.24, 2.45) is 0 Å². The van der Waals surface area contributed by atoms with Gasteiger partial charge in [0.1, 0.15) is 11.2 Å². The van der Waals surface area contributed by atoms with E-state index in [-0.39, 0.29) is 0 Å². The molecule has 0 aliphatic carbocycles. The number of aromatic nitrogens is 1. The first-order valence-electron chi connectivity index (χ1n) is 12.5. The first-order valence-corrected chi connectivity index (χ1v) is 12.5. The van der Waals surface area contributed by atoms with Gasteiger partial charge in [-0.3, -0.25) is 4.98 Å². The van der Waals surface area contributed by atoms with Crippen molar-refractivity contribution < 1.29 is 4.42 Å². The summed E-state index contributed by atoms with van der Waals surface area (Å²) >= 11 is 0. The van der Waals surface area contributed by atoms with Gasteiger partial charge in [-0.1, -0.05) is 91.0 Å². The lowest BCUT2D eigenvalue weighted by Crippen LogP contribution is -1.88. The van der Waals surface area contributed by atoms with Crippen molar-refractivity contribution in [2.75, 3.05) is 0 Å². The van der Waals surface area contributed by atoms with Crippen LogP contribution in [0.5, 0.6) is 0 Å². The zero-order valence-corrected chi connectivity index (χ0v) is 20.1. The molecule has 0 atom stereocenters. The van der Waals surface area contributed by atoms with Crippen molar-refractivity contribution in [3.8, 4) is 44.6 Å². The van der Waals surface area contributed by atoms with Crippen LogP contribution in [0.2, 0.25) is 0 Å². The van der Waals surface area contributed by atoms with E-state index in [9.17, 15) is 0 Å². The molecule has 0 N–H and O–H groups in total. The Morgan fingerprint density at radius 1 is 0.405 bits per heavy atom. The standard InChI is InChI=1S/C35H23NO/c1-2-14-30(27-11-8-12-28(22-27)33-16-5-6-20-36-33)29(13-1)26-10-7-9-24(21-26)25-18-19-35-32(23-25)31-15-3-4-17-34(31)37-35/h1-23H. The van der Waals surface area contributed by atoms with Crippen LogP contribution in [-0.4, -0.2) is 4.98 Å². The highest BCUT2D eigenvalue weighted by Crippen LogP contribution is 2.37. The molecule has 0 bridgehead atoms. The fraction of sp³-hybridized carbons (Fsp3) is 0. The smallest absolute Gasteiger partial charge is 0.135 e. The first-order chi connectivity index (χ1) is 18.3. The van der Waals surface area contributed by atoms with Crippen LogP contribution in [0.15, 0.2) is 144 Å². The van der Waals surface area contributed by atoms with E-state index in [1.807, 2.05) is 30.5 Å². The number of fused-ring (bicyclic) bond motifs is 3. The van der Waals surface area contributed by atoms with Crippen LogP contribution in [0, 0.1) is 0 Å². The lowest BCUT2D eigenvalue weighted by atomic mass is 9.91. The molecule has 0 fully saturated rings.